The maximum Gasteiger partial charge on any atom is 0.242 e. The summed E-state index contributed by atoms with van der Waals surface area (Å²) < 4.78 is 0. The Hall–Kier alpha value is -2.47. The summed E-state index contributed by atoms with van der Waals surface area (Å²) in [6.07, 6.45) is 4.42. The van der Waals surface area contributed by atoms with Crippen LogP contribution in [0, 0.1) is 17.8 Å². The normalized spacial score (nSPS) is 17.8. The molecule has 6 heteroatoms. The topological polar surface area (TPSA) is 95.5 Å². The second kappa shape index (κ2) is 11.1. The van der Waals surface area contributed by atoms with E-state index in [2.05, 4.69) is 10.6 Å². The minimum absolute atomic E-state index is 0.0321. The quantitative estimate of drug-likeness (QED) is 0.508. The number of benzene rings is 1. The fraction of sp³-hybridized carbons (Fsp3) is 0.593. The summed E-state index contributed by atoms with van der Waals surface area (Å²) in [5.41, 5.74) is 1.53. The molecule has 0 aromatic heterocycles. The van der Waals surface area contributed by atoms with Gasteiger partial charge in [-0.25, -0.2) is 0 Å². The summed E-state index contributed by atoms with van der Waals surface area (Å²) in [5.74, 6) is -0.276. The van der Waals surface area contributed by atoms with Gasteiger partial charge in [-0.3, -0.25) is 14.4 Å². The molecule has 0 unspecified atom stereocenters. The molecule has 2 amide bonds. The molecule has 3 atom stereocenters. The molecule has 2 aromatic rings. The van der Waals surface area contributed by atoms with Gasteiger partial charge in [-0.2, -0.15) is 0 Å². The summed E-state index contributed by atoms with van der Waals surface area (Å²) in [7, 11) is 0. The van der Waals surface area contributed by atoms with Gasteiger partial charge in [0.25, 0.3) is 0 Å². The van der Waals surface area contributed by atoms with E-state index in [0.717, 1.165) is 37.7 Å². The van der Waals surface area contributed by atoms with Gasteiger partial charge in [0.1, 0.15) is 12.1 Å². The van der Waals surface area contributed by atoms with Gasteiger partial charge in [0.2, 0.25) is 11.8 Å². The molecule has 3 N–H and O–H groups in total. The lowest BCUT2D eigenvalue weighted by atomic mass is 9.88. The van der Waals surface area contributed by atoms with Crippen molar-refractivity contribution >= 4 is 11.8 Å². The zero-order chi connectivity index (χ0) is 24.1. The first kappa shape index (κ1) is 25.2. The van der Waals surface area contributed by atoms with Gasteiger partial charge in [-0.05, 0) is 36.7 Å². The fourth-order valence-corrected chi connectivity index (χ4v) is 4.77. The van der Waals surface area contributed by atoms with Crippen molar-refractivity contribution in [3.8, 4) is 11.1 Å². The van der Waals surface area contributed by atoms with E-state index in [0.29, 0.717) is 17.5 Å². The van der Waals surface area contributed by atoms with Gasteiger partial charge in [-0.1, -0.05) is 77.3 Å². The zero-order valence-corrected chi connectivity index (χ0v) is 20.3. The first-order valence-electron chi connectivity index (χ1n) is 12.3. The molecule has 1 fully saturated rings. The molecule has 0 bridgehead atoms. The fourth-order valence-electron chi connectivity index (χ4n) is 4.77. The van der Waals surface area contributed by atoms with Crippen molar-refractivity contribution in [1.82, 2.24) is 10.6 Å². The van der Waals surface area contributed by atoms with Crippen LogP contribution in [-0.2, 0) is 9.59 Å². The summed E-state index contributed by atoms with van der Waals surface area (Å²) >= 11 is 0. The Bertz CT molecular complexity index is 937. The number of hydrogen-bond donors (Lipinski definition) is 3. The van der Waals surface area contributed by atoms with Gasteiger partial charge in [0, 0.05) is 17.0 Å². The van der Waals surface area contributed by atoms with Crippen molar-refractivity contribution in [2.45, 2.75) is 84.4 Å². The molecule has 0 aliphatic heterocycles. The molecule has 180 valence electrons. The molecular formula is C27H38N2O4. The molecule has 2 aromatic carbocycles. The van der Waals surface area contributed by atoms with Gasteiger partial charge < -0.3 is 15.7 Å². The number of carbonyl (C=O) groups is 2. The molecule has 0 heterocycles. The number of hydrogen-bond acceptors (Lipinski definition) is 4. The van der Waals surface area contributed by atoms with Crippen molar-refractivity contribution < 1.29 is 14.7 Å². The van der Waals surface area contributed by atoms with Gasteiger partial charge in [-0.15, -0.1) is 0 Å². The van der Waals surface area contributed by atoms with E-state index in [4.69, 9.17) is 0 Å². The lowest BCUT2D eigenvalue weighted by Gasteiger charge is -2.30. The molecule has 0 saturated heterocycles. The van der Waals surface area contributed by atoms with Crippen LogP contribution in [0.4, 0.5) is 0 Å². The second-order valence-corrected chi connectivity index (χ2v) is 10.2. The molecular weight excluding hydrogens is 416 g/mol. The molecule has 0 spiro atoms. The predicted octanol–water partition coefficient (Wildman–Crippen LogP) is 3.87. The van der Waals surface area contributed by atoms with Crippen LogP contribution in [0.15, 0.2) is 35.1 Å². The number of aliphatic hydroxyl groups excluding tert-OH is 1. The van der Waals surface area contributed by atoms with E-state index < -0.39 is 18.2 Å². The largest absolute Gasteiger partial charge is 0.386 e. The second-order valence-electron chi connectivity index (χ2n) is 10.2. The van der Waals surface area contributed by atoms with E-state index >= 15 is 0 Å². The summed E-state index contributed by atoms with van der Waals surface area (Å²) in [5, 5.41) is 17.0. The molecule has 1 saturated carbocycles. The molecule has 0 radical (unpaired) electrons. The number of rotatable bonds is 10. The van der Waals surface area contributed by atoms with Crippen LogP contribution in [0.3, 0.4) is 0 Å². The van der Waals surface area contributed by atoms with E-state index in [1.807, 2.05) is 58.0 Å². The van der Waals surface area contributed by atoms with Crippen LogP contribution in [0.5, 0.6) is 0 Å². The van der Waals surface area contributed by atoms with Crippen LogP contribution in [-0.4, -0.2) is 29.0 Å². The monoisotopic (exact) mass is 454 g/mol. The average molecular weight is 455 g/mol. The Labute approximate surface area is 196 Å². The number of aliphatic hydroxyl groups is 1. The van der Waals surface area contributed by atoms with Crippen LogP contribution in [0.25, 0.3) is 11.1 Å². The average Bonchev–Trinajstić information content (AvgIpc) is 3.47. The highest BCUT2D eigenvalue weighted by Gasteiger charge is 2.38. The van der Waals surface area contributed by atoms with Crippen LogP contribution < -0.4 is 16.1 Å². The van der Waals surface area contributed by atoms with Crippen molar-refractivity contribution in [3.63, 3.8) is 0 Å². The predicted molar refractivity (Wildman–Crippen MR) is 130 cm³/mol. The van der Waals surface area contributed by atoms with Crippen LogP contribution >= 0.6 is 0 Å². The van der Waals surface area contributed by atoms with Gasteiger partial charge in [0.15, 0.2) is 5.43 Å². The van der Waals surface area contributed by atoms with Gasteiger partial charge in [0.05, 0.1) is 6.04 Å². The van der Waals surface area contributed by atoms with E-state index in [-0.39, 0.29) is 35.0 Å². The van der Waals surface area contributed by atoms with Crippen molar-refractivity contribution in [2.75, 3.05) is 0 Å². The van der Waals surface area contributed by atoms with Crippen LogP contribution in [0.2, 0.25) is 0 Å². The number of amides is 2. The Morgan fingerprint density at radius 1 is 1.00 bits per heavy atom. The molecule has 1 aliphatic carbocycles. The summed E-state index contributed by atoms with van der Waals surface area (Å²) in [6, 6.07) is 7.98. The van der Waals surface area contributed by atoms with Crippen molar-refractivity contribution in [3.05, 3.63) is 46.1 Å². The molecule has 3 rings (SSSR count). The lowest BCUT2D eigenvalue weighted by Crippen LogP contribution is -2.53. The molecule has 6 nitrogen and oxygen atoms in total. The minimum Gasteiger partial charge on any atom is -0.386 e. The summed E-state index contributed by atoms with van der Waals surface area (Å²) in [6.45, 7) is 7.84. The number of nitrogens with one attached hydrogen (secondary N) is 2. The zero-order valence-electron chi connectivity index (χ0n) is 20.3. The molecule has 33 heavy (non-hydrogen) atoms. The smallest absolute Gasteiger partial charge is 0.242 e. The third-order valence-electron chi connectivity index (χ3n) is 6.72. The van der Waals surface area contributed by atoms with Crippen LogP contribution in [0.1, 0.15) is 77.9 Å². The SMILES string of the molecule is CC(C)C[C@H](NC(=O)C1CCCCC1)C(=O)N[C@@H](C(C)C)[C@@H](O)c1c(-c2ccccc2)c1=O. The van der Waals surface area contributed by atoms with Gasteiger partial charge >= 0.3 is 0 Å². The highest BCUT2D eigenvalue weighted by molar-refractivity contribution is 5.89. The van der Waals surface area contributed by atoms with Crippen molar-refractivity contribution in [1.29, 1.82) is 0 Å². The third-order valence-corrected chi connectivity index (χ3v) is 6.72. The Morgan fingerprint density at radius 3 is 2.21 bits per heavy atom. The first-order valence-corrected chi connectivity index (χ1v) is 12.3. The number of carbonyl (C=O) groups excluding carboxylic acids is 2. The standard InChI is InChI=1S/C27H38N2O4/c1-16(2)15-20(28-26(32)19-13-9-6-10-14-19)27(33)29-23(17(3)4)25(31)22-21(24(22)30)18-11-7-5-8-12-18/h5,7-8,11-12,16-17,19-20,23,25,31H,6,9-10,13-15H2,1-4H3,(H,28,32)(H,29,33)/t20-,23-,25-/m0/s1. The first-order chi connectivity index (χ1) is 15.7. The van der Waals surface area contributed by atoms with E-state index in [9.17, 15) is 19.5 Å². The van der Waals surface area contributed by atoms with E-state index in [1.165, 1.54) is 0 Å². The van der Waals surface area contributed by atoms with E-state index in [1.54, 1.807) is 0 Å². The third kappa shape index (κ3) is 6.32. The van der Waals surface area contributed by atoms with Crippen molar-refractivity contribution in [2.24, 2.45) is 17.8 Å². The summed E-state index contributed by atoms with van der Waals surface area (Å²) in [4.78, 5) is 38.5. The Kier molecular flexibility index (Phi) is 8.46. The molecule has 1 aliphatic rings. The maximum absolute atomic E-state index is 13.3. The maximum atomic E-state index is 13.3. The Morgan fingerprint density at radius 2 is 1.64 bits per heavy atom. The minimum atomic E-state index is -1.09. The highest BCUT2D eigenvalue weighted by Crippen LogP contribution is 2.33. The highest BCUT2D eigenvalue weighted by atomic mass is 16.3. The lowest BCUT2D eigenvalue weighted by molar-refractivity contribution is -0.133. The Balaban J connectivity index is 1.71.